The predicted molar refractivity (Wildman–Crippen MR) is 43.0 cm³/mol. The van der Waals surface area contributed by atoms with Gasteiger partial charge in [0, 0.05) is 6.54 Å². The molecule has 0 aromatic rings. The lowest BCUT2D eigenvalue weighted by molar-refractivity contribution is -0.128. The summed E-state index contributed by atoms with van der Waals surface area (Å²) in [6, 6.07) is -0.442. The monoisotopic (exact) mass is 166 g/mol. The van der Waals surface area contributed by atoms with Crippen LogP contribution in [0.1, 0.15) is 12.8 Å². The molecule has 64 valence electrons. The minimum atomic E-state index is -0.531. The van der Waals surface area contributed by atoms with Crippen LogP contribution in [0.15, 0.2) is 0 Å². The van der Waals surface area contributed by atoms with E-state index in [0.717, 1.165) is 6.42 Å². The van der Waals surface area contributed by atoms with E-state index in [9.17, 15) is 9.59 Å². The van der Waals surface area contributed by atoms with E-state index in [2.05, 4.69) is 10.6 Å². The topological polar surface area (TPSA) is 58.2 Å². The normalized spacial score (nSPS) is 22.2. The van der Waals surface area contributed by atoms with E-state index in [1.165, 1.54) is 0 Å². The minimum Gasteiger partial charge on any atom is -0.354 e. The number of hydrogen-bond acceptors (Lipinski definition) is 2. The van der Waals surface area contributed by atoms with Gasteiger partial charge in [-0.15, -0.1) is 6.42 Å². The second kappa shape index (κ2) is 3.77. The van der Waals surface area contributed by atoms with Crippen LogP contribution >= 0.6 is 0 Å². The van der Waals surface area contributed by atoms with Gasteiger partial charge in [-0.2, -0.15) is 0 Å². The predicted octanol–water partition coefficient (Wildman–Crippen LogP) is -0.986. The molecule has 1 unspecified atom stereocenters. The lowest BCUT2D eigenvalue weighted by atomic mass is 10.1. The molecule has 1 aliphatic heterocycles. The molecule has 0 radical (unpaired) electrons. The van der Waals surface area contributed by atoms with E-state index in [-0.39, 0.29) is 5.91 Å². The molecule has 1 heterocycles. The van der Waals surface area contributed by atoms with Crippen molar-refractivity contribution in [3.8, 4) is 12.3 Å². The van der Waals surface area contributed by atoms with Gasteiger partial charge in [0.1, 0.15) is 6.04 Å². The third-order valence-electron chi connectivity index (χ3n) is 1.72. The van der Waals surface area contributed by atoms with Crippen LogP contribution in [0, 0.1) is 12.3 Å². The van der Waals surface area contributed by atoms with Gasteiger partial charge in [0.2, 0.25) is 5.91 Å². The fourth-order valence-electron chi connectivity index (χ4n) is 1.11. The average molecular weight is 166 g/mol. The van der Waals surface area contributed by atoms with Gasteiger partial charge in [0.15, 0.2) is 0 Å². The highest BCUT2D eigenvalue weighted by molar-refractivity contribution is 5.96. The number of carbonyl (C=O) groups is 2. The molecule has 0 saturated carbocycles. The largest absolute Gasteiger partial charge is 0.354 e. The van der Waals surface area contributed by atoms with Crippen molar-refractivity contribution in [3.63, 3.8) is 0 Å². The summed E-state index contributed by atoms with van der Waals surface area (Å²) in [6.45, 7) is 0.682. The van der Waals surface area contributed by atoms with Crippen molar-refractivity contribution in [2.24, 2.45) is 0 Å². The highest BCUT2D eigenvalue weighted by Gasteiger charge is 2.22. The Labute approximate surface area is 70.7 Å². The minimum absolute atomic E-state index is 0.148. The SMILES string of the molecule is C#CC(=O)NC1CCCNC1=O. The van der Waals surface area contributed by atoms with Crippen molar-refractivity contribution >= 4 is 11.8 Å². The summed E-state index contributed by atoms with van der Waals surface area (Å²) in [5, 5.41) is 5.07. The van der Waals surface area contributed by atoms with Crippen LogP contribution in [0.25, 0.3) is 0 Å². The molecular formula is C8H10N2O2. The quantitative estimate of drug-likeness (QED) is 0.492. The van der Waals surface area contributed by atoms with Gasteiger partial charge >= 0.3 is 0 Å². The second-order valence-electron chi connectivity index (χ2n) is 2.60. The van der Waals surface area contributed by atoms with E-state index in [1.807, 2.05) is 5.92 Å². The average Bonchev–Trinajstić information content (AvgIpc) is 2.09. The molecule has 0 aromatic heterocycles. The molecule has 1 rings (SSSR count). The molecule has 0 bridgehead atoms. The van der Waals surface area contributed by atoms with Gasteiger partial charge in [-0.05, 0) is 18.8 Å². The zero-order valence-corrected chi connectivity index (χ0v) is 6.59. The van der Waals surface area contributed by atoms with Gasteiger partial charge in [0.05, 0.1) is 0 Å². The first kappa shape index (κ1) is 8.60. The zero-order chi connectivity index (χ0) is 8.97. The number of nitrogens with one attached hydrogen (secondary N) is 2. The molecule has 0 aliphatic carbocycles. The first-order valence-electron chi connectivity index (χ1n) is 3.79. The maximum absolute atomic E-state index is 11.1. The third-order valence-corrected chi connectivity index (χ3v) is 1.72. The fourth-order valence-corrected chi connectivity index (χ4v) is 1.11. The fraction of sp³-hybridized carbons (Fsp3) is 0.500. The zero-order valence-electron chi connectivity index (χ0n) is 6.59. The van der Waals surface area contributed by atoms with Crippen LogP contribution in [0.5, 0.6) is 0 Å². The first-order valence-corrected chi connectivity index (χ1v) is 3.79. The van der Waals surface area contributed by atoms with Crippen molar-refractivity contribution in [2.75, 3.05) is 6.54 Å². The number of hydrogen-bond donors (Lipinski definition) is 2. The van der Waals surface area contributed by atoms with Crippen molar-refractivity contribution in [1.29, 1.82) is 0 Å². The van der Waals surface area contributed by atoms with Crippen LogP contribution < -0.4 is 10.6 Å². The summed E-state index contributed by atoms with van der Waals surface area (Å²) in [6.07, 6.45) is 6.38. The lowest BCUT2D eigenvalue weighted by Gasteiger charge is -2.21. The number of rotatable bonds is 1. The Balaban J connectivity index is 2.45. The van der Waals surface area contributed by atoms with Crippen LogP contribution in [0.4, 0.5) is 0 Å². The summed E-state index contributed by atoms with van der Waals surface area (Å²) in [5.41, 5.74) is 0. The molecular weight excluding hydrogens is 156 g/mol. The smallest absolute Gasteiger partial charge is 0.296 e. The van der Waals surface area contributed by atoms with Gasteiger partial charge in [-0.3, -0.25) is 9.59 Å². The summed E-state index contributed by atoms with van der Waals surface area (Å²) in [7, 11) is 0. The Morgan fingerprint density at radius 3 is 3.08 bits per heavy atom. The van der Waals surface area contributed by atoms with E-state index >= 15 is 0 Å². The molecule has 4 heteroatoms. The number of terminal acetylenes is 1. The molecule has 0 spiro atoms. The van der Waals surface area contributed by atoms with Crippen molar-refractivity contribution < 1.29 is 9.59 Å². The highest BCUT2D eigenvalue weighted by atomic mass is 16.2. The summed E-state index contributed by atoms with van der Waals surface area (Å²) >= 11 is 0. The third kappa shape index (κ3) is 1.99. The molecule has 1 fully saturated rings. The number of carbonyl (C=O) groups excluding carboxylic acids is 2. The maximum Gasteiger partial charge on any atom is 0.296 e. The van der Waals surface area contributed by atoms with Crippen LogP contribution in [-0.4, -0.2) is 24.4 Å². The Morgan fingerprint density at radius 1 is 1.75 bits per heavy atom. The Kier molecular flexibility index (Phi) is 2.70. The van der Waals surface area contributed by atoms with Crippen LogP contribution in [0.3, 0.4) is 0 Å². The maximum atomic E-state index is 11.1. The Morgan fingerprint density at radius 2 is 2.50 bits per heavy atom. The van der Waals surface area contributed by atoms with Gasteiger partial charge in [-0.25, -0.2) is 0 Å². The standard InChI is InChI=1S/C8H10N2O2/c1-2-7(11)10-6-4-3-5-9-8(6)12/h1,6H,3-5H2,(H,9,12)(H,10,11). The first-order chi connectivity index (χ1) is 5.74. The summed E-state index contributed by atoms with van der Waals surface area (Å²) in [5.74, 6) is 1.22. The lowest BCUT2D eigenvalue weighted by Crippen LogP contribution is -2.49. The molecule has 2 amide bonds. The van der Waals surface area contributed by atoms with Crippen molar-refractivity contribution in [3.05, 3.63) is 0 Å². The summed E-state index contributed by atoms with van der Waals surface area (Å²) in [4.78, 5) is 21.7. The molecule has 1 saturated heterocycles. The molecule has 1 atom stereocenters. The molecule has 1 aliphatic rings. The van der Waals surface area contributed by atoms with Gasteiger partial charge in [0.25, 0.3) is 5.91 Å². The molecule has 12 heavy (non-hydrogen) atoms. The number of piperidine rings is 1. The van der Waals surface area contributed by atoms with Crippen molar-refractivity contribution in [1.82, 2.24) is 10.6 Å². The second-order valence-corrected chi connectivity index (χ2v) is 2.60. The van der Waals surface area contributed by atoms with E-state index < -0.39 is 11.9 Å². The molecule has 2 N–H and O–H groups in total. The van der Waals surface area contributed by atoms with E-state index in [0.29, 0.717) is 13.0 Å². The van der Waals surface area contributed by atoms with Crippen molar-refractivity contribution in [2.45, 2.75) is 18.9 Å². The highest BCUT2D eigenvalue weighted by Crippen LogP contribution is 2.01. The number of amides is 2. The summed E-state index contributed by atoms with van der Waals surface area (Å²) < 4.78 is 0. The molecule has 4 nitrogen and oxygen atoms in total. The van der Waals surface area contributed by atoms with Crippen LogP contribution in [0.2, 0.25) is 0 Å². The van der Waals surface area contributed by atoms with Gasteiger partial charge in [-0.1, -0.05) is 0 Å². The Bertz CT molecular complexity index is 242. The molecule has 0 aromatic carbocycles. The van der Waals surface area contributed by atoms with E-state index in [4.69, 9.17) is 6.42 Å². The van der Waals surface area contributed by atoms with Gasteiger partial charge < -0.3 is 10.6 Å². The Hall–Kier alpha value is -1.50. The van der Waals surface area contributed by atoms with Crippen LogP contribution in [-0.2, 0) is 9.59 Å². The van der Waals surface area contributed by atoms with E-state index in [1.54, 1.807) is 0 Å².